The molecular formula is C19H21N7O2S. The van der Waals surface area contributed by atoms with Gasteiger partial charge in [-0.2, -0.15) is 5.26 Å². The molecule has 0 saturated heterocycles. The number of imidazole rings is 2. The lowest BCUT2D eigenvalue weighted by molar-refractivity contribution is 0.513. The van der Waals surface area contributed by atoms with Crippen LogP contribution in [0.15, 0.2) is 48.3 Å². The Hall–Kier alpha value is -3.16. The Bertz CT molecular complexity index is 1190. The fourth-order valence-corrected chi connectivity index (χ4v) is 5.01. The number of aryl methyl sites for hydroxylation is 2. The van der Waals surface area contributed by atoms with Gasteiger partial charge in [-0.25, -0.2) is 23.1 Å². The summed E-state index contributed by atoms with van der Waals surface area (Å²) in [5.74, 6) is 0. The van der Waals surface area contributed by atoms with E-state index >= 15 is 0 Å². The SMILES string of the molecule is Cn1cncc1CN1CC(NS(=O)(=O)c2nccn2C)Cc2cc(C#N)ccc21. The van der Waals surface area contributed by atoms with E-state index in [1.807, 2.05) is 23.7 Å². The van der Waals surface area contributed by atoms with Crippen LogP contribution in [-0.2, 0) is 37.1 Å². The van der Waals surface area contributed by atoms with Gasteiger partial charge in [-0.05, 0) is 30.2 Å². The second-order valence-corrected chi connectivity index (χ2v) is 8.78. The topological polar surface area (TPSA) is 109 Å². The maximum atomic E-state index is 12.8. The lowest BCUT2D eigenvalue weighted by atomic mass is 9.96. The lowest BCUT2D eigenvalue weighted by Gasteiger charge is -2.36. The molecule has 150 valence electrons. The predicted molar refractivity (Wildman–Crippen MR) is 106 cm³/mol. The monoisotopic (exact) mass is 411 g/mol. The molecule has 4 rings (SSSR count). The van der Waals surface area contributed by atoms with Crippen molar-refractivity contribution in [3.63, 3.8) is 0 Å². The second-order valence-electron chi connectivity index (χ2n) is 7.17. The molecule has 1 N–H and O–H groups in total. The van der Waals surface area contributed by atoms with Gasteiger partial charge in [0, 0.05) is 51.0 Å². The quantitative estimate of drug-likeness (QED) is 0.669. The van der Waals surface area contributed by atoms with Crippen molar-refractivity contribution in [2.45, 2.75) is 24.2 Å². The van der Waals surface area contributed by atoms with Crippen molar-refractivity contribution >= 4 is 15.7 Å². The molecule has 0 spiro atoms. The van der Waals surface area contributed by atoms with Crippen molar-refractivity contribution in [3.8, 4) is 6.07 Å². The highest BCUT2D eigenvalue weighted by Gasteiger charge is 2.30. The zero-order valence-corrected chi connectivity index (χ0v) is 17.0. The Morgan fingerprint density at radius 3 is 2.79 bits per heavy atom. The largest absolute Gasteiger partial charge is 0.364 e. The van der Waals surface area contributed by atoms with E-state index in [0.29, 0.717) is 25.1 Å². The van der Waals surface area contributed by atoms with E-state index in [-0.39, 0.29) is 11.2 Å². The van der Waals surface area contributed by atoms with Crippen molar-refractivity contribution < 1.29 is 8.42 Å². The fourth-order valence-electron chi connectivity index (χ4n) is 3.67. The number of sulfonamides is 1. The van der Waals surface area contributed by atoms with Crippen LogP contribution in [0.5, 0.6) is 0 Å². The minimum Gasteiger partial charge on any atom is -0.364 e. The molecule has 0 bridgehead atoms. The highest BCUT2D eigenvalue weighted by molar-refractivity contribution is 7.89. The number of anilines is 1. The third kappa shape index (κ3) is 3.74. The number of nitriles is 1. The van der Waals surface area contributed by atoms with Gasteiger partial charge in [-0.1, -0.05) is 0 Å². The normalized spacial score (nSPS) is 16.4. The van der Waals surface area contributed by atoms with Crippen LogP contribution in [0, 0.1) is 11.3 Å². The van der Waals surface area contributed by atoms with Gasteiger partial charge in [0.25, 0.3) is 10.0 Å². The van der Waals surface area contributed by atoms with Crippen LogP contribution in [0.3, 0.4) is 0 Å². The van der Waals surface area contributed by atoms with E-state index in [2.05, 4.69) is 25.7 Å². The van der Waals surface area contributed by atoms with Crippen LogP contribution in [-0.4, -0.2) is 40.1 Å². The summed E-state index contributed by atoms with van der Waals surface area (Å²) in [5, 5.41) is 9.24. The molecule has 3 heterocycles. The first-order valence-corrected chi connectivity index (χ1v) is 10.6. The number of nitrogens with zero attached hydrogens (tertiary/aromatic N) is 6. The highest BCUT2D eigenvalue weighted by Crippen LogP contribution is 2.30. The van der Waals surface area contributed by atoms with Crippen LogP contribution in [0.4, 0.5) is 5.69 Å². The van der Waals surface area contributed by atoms with E-state index in [1.54, 1.807) is 31.8 Å². The molecule has 0 amide bonds. The summed E-state index contributed by atoms with van der Waals surface area (Å²) < 4.78 is 31.8. The number of rotatable bonds is 5. The van der Waals surface area contributed by atoms with Gasteiger partial charge in [-0.3, -0.25) is 0 Å². The molecule has 1 atom stereocenters. The third-order valence-corrected chi connectivity index (χ3v) is 6.58. The van der Waals surface area contributed by atoms with Crippen molar-refractivity contribution in [3.05, 3.63) is 59.9 Å². The van der Waals surface area contributed by atoms with Crippen LogP contribution < -0.4 is 9.62 Å². The van der Waals surface area contributed by atoms with Gasteiger partial charge in [-0.15, -0.1) is 0 Å². The van der Waals surface area contributed by atoms with Gasteiger partial charge >= 0.3 is 0 Å². The number of aromatic nitrogens is 4. The van der Waals surface area contributed by atoms with Crippen LogP contribution in [0.1, 0.15) is 16.8 Å². The molecule has 0 fully saturated rings. The molecule has 1 unspecified atom stereocenters. The van der Waals surface area contributed by atoms with Gasteiger partial charge in [0.05, 0.1) is 30.2 Å². The minimum absolute atomic E-state index is 0.0211. The number of hydrogen-bond acceptors (Lipinski definition) is 6. The lowest BCUT2D eigenvalue weighted by Crippen LogP contribution is -2.48. The molecule has 1 aliphatic heterocycles. The van der Waals surface area contributed by atoms with E-state index < -0.39 is 10.0 Å². The first-order valence-electron chi connectivity index (χ1n) is 9.10. The van der Waals surface area contributed by atoms with Crippen molar-refractivity contribution in [1.82, 2.24) is 23.8 Å². The zero-order valence-electron chi connectivity index (χ0n) is 16.1. The molecular weight excluding hydrogens is 390 g/mol. The molecule has 0 radical (unpaired) electrons. The highest BCUT2D eigenvalue weighted by atomic mass is 32.2. The molecule has 0 saturated carbocycles. The maximum Gasteiger partial charge on any atom is 0.274 e. The summed E-state index contributed by atoms with van der Waals surface area (Å²) in [6, 6.07) is 7.34. The van der Waals surface area contributed by atoms with Gasteiger partial charge in [0.15, 0.2) is 0 Å². The van der Waals surface area contributed by atoms with E-state index in [9.17, 15) is 13.7 Å². The van der Waals surface area contributed by atoms with E-state index in [1.165, 1.54) is 10.8 Å². The molecule has 1 aromatic carbocycles. The average Bonchev–Trinajstić information content (AvgIpc) is 3.29. The minimum atomic E-state index is -3.77. The summed E-state index contributed by atoms with van der Waals surface area (Å²) in [4.78, 5) is 10.2. The fraction of sp³-hybridized carbons (Fsp3) is 0.316. The zero-order chi connectivity index (χ0) is 20.6. The van der Waals surface area contributed by atoms with Crippen molar-refractivity contribution in [2.75, 3.05) is 11.4 Å². The first kappa shape index (κ1) is 19.2. The van der Waals surface area contributed by atoms with Crippen molar-refractivity contribution in [2.24, 2.45) is 14.1 Å². The smallest absolute Gasteiger partial charge is 0.274 e. The number of fused-ring (bicyclic) bond motifs is 1. The average molecular weight is 411 g/mol. The Labute approximate surface area is 169 Å². The molecule has 2 aromatic heterocycles. The summed E-state index contributed by atoms with van der Waals surface area (Å²) in [7, 11) is -0.198. The number of benzene rings is 1. The molecule has 10 heteroatoms. The Morgan fingerprint density at radius 1 is 1.31 bits per heavy atom. The summed E-state index contributed by atoms with van der Waals surface area (Å²) in [6.45, 7) is 1.07. The summed E-state index contributed by atoms with van der Waals surface area (Å²) in [5.41, 5.74) is 3.49. The Kier molecular flexibility index (Phi) is 4.86. The van der Waals surface area contributed by atoms with Crippen LogP contribution in [0.2, 0.25) is 0 Å². The molecule has 3 aromatic rings. The second kappa shape index (κ2) is 7.35. The maximum absolute atomic E-state index is 12.8. The van der Waals surface area contributed by atoms with E-state index in [4.69, 9.17) is 0 Å². The summed E-state index contributed by atoms with van der Waals surface area (Å²) in [6.07, 6.45) is 7.08. The van der Waals surface area contributed by atoms with Gasteiger partial charge in [0.1, 0.15) is 0 Å². The molecule has 9 nitrogen and oxygen atoms in total. The Balaban J connectivity index is 1.66. The first-order chi connectivity index (χ1) is 13.9. The molecule has 1 aliphatic rings. The van der Waals surface area contributed by atoms with Crippen molar-refractivity contribution in [1.29, 1.82) is 5.26 Å². The van der Waals surface area contributed by atoms with Crippen LogP contribution in [0.25, 0.3) is 0 Å². The number of hydrogen-bond donors (Lipinski definition) is 1. The van der Waals surface area contributed by atoms with E-state index in [0.717, 1.165) is 16.9 Å². The summed E-state index contributed by atoms with van der Waals surface area (Å²) >= 11 is 0. The number of nitrogens with one attached hydrogen (secondary N) is 1. The molecule has 0 aliphatic carbocycles. The van der Waals surface area contributed by atoms with Gasteiger partial charge < -0.3 is 14.0 Å². The van der Waals surface area contributed by atoms with Crippen LogP contribution >= 0.6 is 0 Å². The standard InChI is InChI=1S/C19H21N7O2S/c1-24-6-5-22-19(24)29(27,28)23-16-8-15-7-14(9-20)3-4-18(15)26(11-16)12-17-10-21-13-25(17)2/h3-7,10,13,16,23H,8,11-12H2,1-2H3. The third-order valence-electron chi connectivity index (χ3n) is 5.06. The Morgan fingerprint density at radius 2 is 2.14 bits per heavy atom. The van der Waals surface area contributed by atoms with Gasteiger partial charge in [0.2, 0.25) is 5.16 Å². The molecule has 29 heavy (non-hydrogen) atoms. The predicted octanol–water partition coefficient (Wildman–Crippen LogP) is 0.935.